The molecule has 0 spiro atoms. The smallest absolute Gasteiger partial charge is 0.0639 e. The van der Waals surface area contributed by atoms with Crippen LogP contribution in [0.25, 0.3) is 0 Å². The van der Waals surface area contributed by atoms with Crippen LogP contribution >= 0.6 is 0 Å². The SMILES string of the molecule is CC(O)CN1CC1. The fourth-order valence-electron chi connectivity index (χ4n) is 0.627. The molecule has 1 fully saturated rings. The van der Waals surface area contributed by atoms with Crippen molar-refractivity contribution >= 4 is 0 Å². The Kier molecular flexibility index (Phi) is 1.30. The lowest BCUT2D eigenvalue weighted by Crippen LogP contribution is -2.13. The van der Waals surface area contributed by atoms with E-state index in [9.17, 15) is 0 Å². The van der Waals surface area contributed by atoms with E-state index in [1.54, 1.807) is 0 Å². The fraction of sp³-hybridized carbons (Fsp3) is 1.00. The summed E-state index contributed by atoms with van der Waals surface area (Å²) in [5.41, 5.74) is 0. The van der Waals surface area contributed by atoms with Gasteiger partial charge in [-0.15, -0.1) is 0 Å². The number of aliphatic hydroxyl groups is 1. The van der Waals surface area contributed by atoms with Gasteiger partial charge in [0.2, 0.25) is 0 Å². The number of nitrogens with zero attached hydrogens (tertiary/aromatic N) is 1. The summed E-state index contributed by atoms with van der Waals surface area (Å²) in [6.07, 6.45) is -0.137. The molecule has 0 aromatic carbocycles. The van der Waals surface area contributed by atoms with Crippen LogP contribution in [-0.4, -0.2) is 35.7 Å². The highest BCUT2D eigenvalue weighted by molar-refractivity contribution is 4.73. The summed E-state index contributed by atoms with van der Waals surface area (Å²) >= 11 is 0. The van der Waals surface area contributed by atoms with E-state index in [4.69, 9.17) is 5.11 Å². The first-order valence-electron chi connectivity index (χ1n) is 2.69. The lowest BCUT2D eigenvalue weighted by Gasteiger charge is -2.00. The Morgan fingerprint density at radius 3 is 2.43 bits per heavy atom. The van der Waals surface area contributed by atoms with Crippen molar-refractivity contribution in [3.63, 3.8) is 0 Å². The van der Waals surface area contributed by atoms with Crippen molar-refractivity contribution in [2.24, 2.45) is 0 Å². The van der Waals surface area contributed by atoms with E-state index in [1.165, 1.54) is 13.1 Å². The van der Waals surface area contributed by atoms with Gasteiger partial charge in [0.05, 0.1) is 6.10 Å². The number of hydrogen-bond acceptors (Lipinski definition) is 2. The highest BCUT2D eigenvalue weighted by Crippen LogP contribution is 2.02. The van der Waals surface area contributed by atoms with Crippen LogP contribution in [-0.2, 0) is 0 Å². The van der Waals surface area contributed by atoms with Crippen LogP contribution in [0.1, 0.15) is 6.92 Å². The van der Waals surface area contributed by atoms with Crippen LogP contribution in [0.15, 0.2) is 0 Å². The molecule has 42 valence electrons. The second kappa shape index (κ2) is 1.80. The zero-order chi connectivity index (χ0) is 5.28. The molecule has 1 N–H and O–H groups in total. The highest BCUT2D eigenvalue weighted by atomic mass is 16.3. The van der Waals surface area contributed by atoms with Crippen molar-refractivity contribution in [2.75, 3.05) is 19.6 Å². The Bertz CT molecular complexity index is 59.1. The minimum absolute atomic E-state index is 0.137. The molecule has 0 amide bonds. The third kappa shape index (κ3) is 1.90. The zero-order valence-corrected chi connectivity index (χ0v) is 4.59. The third-order valence-corrected chi connectivity index (χ3v) is 1.06. The summed E-state index contributed by atoms with van der Waals surface area (Å²) in [6.45, 7) is 5.05. The van der Waals surface area contributed by atoms with Gasteiger partial charge in [-0.05, 0) is 6.92 Å². The van der Waals surface area contributed by atoms with Gasteiger partial charge >= 0.3 is 0 Å². The second-order valence-electron chi connectivity index (χ2n) is 2.15. The molecule has 0 radical (unpaired) electrons. The molecule has 0 bridgehead atoms. The van der Waals surface area contributed by atoms with E-state index in [-0.39, 0.29) is 6.10 Å². The zero-order valence-electron chi connectivity index (χ0n) is 4.59. The van der Waals surface area contributed by atoms with Gasteiger partial charge in [-0.1, -0.05) is 0 Å². The van der Waals surface area contributed by atoms with Crippen molar-refractivity contribution in [1.82, 2.24) is 4.90 Å². The molecule has 1 rings (SSSR count). The van der Waals surface area contributed by atoms with E-state index in [0.29, 0.717) is 0 Å². The molecular formula is C5H11NO. The molecule has 7 heavy (non-hydrogen) atoms. The summed E-state index contributed by atoms with van der Waals surface area (Å²) < 4.78 is 0. The highest BCUT2D eigenvalue weighted by Gasteiger charge is 2.17. The maximum atomic E-state index is 8.72. The van der Waals surface area contributed by atoms with E-state index in [2.05, 4.69) is 4.90 Å². The molecule has 0 aromatic rings. The van der Waals surface area contributed by atoms with E-state index < -0.39 is 0 Å². The number of β-amino-alcohol motifs (C(OH)–C–C–N with tert-alkyl or cyclic N) is 1. The minimum Gasteiger partial charge on any atom is -0.392 e. The maximum absolute atomic E-state index is 8.72. The van der Waals surface area contributed by atoms with Crippen molar-refractivity contribution in [3.05, 3.63) is 0 Å². The average Bonchev–Trinajstić information content (AvgIpc) is 2.17. The van der Waals surface area contributed by atoms with Gasteiger partial charge in [-0.2, -0.15) is 0 Å². The quantitative estimate of drug-likeness (QED) is 0.482. The summed E-state index contributed by atoms with van der Waals surface area (Å²) in [5.74, 6) is 0. The van der Waals surface area contributed by atoms with E-state index in [1.807, 2.05) is 6.92 Å². The van der Waals surface area contributed by atoms with Gasteiger partial charge in [-0.3, -0.25) is 4.90 Å². The minimum atomic E-state index is -0.137. The first kappa shape index (κ1) is 5.06. The molecule has 1 aliphatic heterocycles. The molecule has 2 heteroatoms. The Morgan fingerprint density at radius 2 is 2.29 bits per heavy atom. The normalized spacial score (nSPS) is 24.9. The van der Waals surface area contributed by atoms with Crippen molar-refractivity contribution in [3.8, 4) is 0 Å². The molecule has 2 nitrogen and oxygen atoms in total. The molecule has 0 aliphatic carbocycles. The summed E-state index contributed by atoms with van der Waals surface area (Å²) in [6, 6.07) is 0. The standard InChI is InChI=1S/C5H11NO/c1-5(7)4-6-2-3-6/h5,7H,2-4H2,1H3. The van der Waals surface area contributed by atoms with Gasteiger partial charge in [0, 0.05) is 19.6 Å². The van der Waals surface area contributed by atoms with Crippen LogP contribution in [0.4, 0.5) is 0 Å². The molecule has 1 aliphatic rings. The molecule has 0 saturated carbocycles. The topological polar surface area (TPSA) is 23.2 Å². The first-order chi connectivity index (χ1) is 3.29. The Hall–Kier alpha value is -0.0800. The monoisotopic (exact) mass is 101 g/mol. The molecule has 1 atom stereocenters. The second-order valence-corrected chi connectivity index (χ2v) is 2.15. The predicted octanol–water partition coefficient (Wildman–Crippen LogP) is -0.317. The van der Waals surface area contributed by atoms with Crippen molar-refractivity contribution in [2.45, 2.75) is 13.0 Å². The number of aliphatic hydroxyl groups excluding tert-OH is 1. The van der Waals surface area contributed by atoms with Gasteiger partial charge in [0.1, 0.15) is 0 Å². The van der Waals surface area contributed by atoms with E-state index in [0.717, 1.165) is 6.54 Å². The maximum Gasteiger partial charge on any atom is 0.0639 e. The van der Waals surface area contributed by atoms with Gasteiger partial charge in [0.15, 0.2) is 0 Å². The number of hydrogen-bond donors (Lipinski definition) is 1. The summed E-state index contributed by atoms with van der Waals surface area (Å²) in [5, 5.41) is 8.72. The molecular weight excluding hydrogens is 90.1 g/mol. The van der Waals surface area contributed by atoms with E-state index >= 15 is 0 Å². The summed E-state index contributed by atoms with van der Waals surface area (Å²) in [4.78, 5) is 2.20. The van der Waals surface area contributed by atoms with Crippen LogP contribution in [0.2, 0.25) is 0 Å². The molecule has 0 aromatic heterocycles. The molecule has 1 saturated heterocycles. The van der Waals surface area contributed by atoms with Crippen LogP contribution < -0.4 is 0 Å². The van der Waals surface area contributed by atoms with Crippen LogP contribution in [0.5, 0.6) is 0 Å². The Balaban J connectivity index is 1.97. The fourth-order valence-corrected chi connectivity index (χ4v) is 0.627. The lowest BCUT2D eigenvalue weighted by molar-refractivity contribution is 0.173. The number of rotatable bonds is 2. The largest absolute Gasteiger partial charge is 0.392 e. The van der Waals surface area contributed by atoms with Crippen LogP contribution in [0.3, 0.4) is 0 Å². The third-order valence-electron chi connectivity index (χ3n) is 1.06. The van der Waals surface area contributed by atoms with Crippen molar-refractivity contribution < 1.29 is 5.11 Å². The van der Waals surface area contributed by atoms with Gasteiger partial charge < -0.3 is 5.11 Å². The Labute approximate surface area is 43.7 Å². The molecule has 1 heterocycles. The average molecular weight is 101 g/mol. The van der Waals surface area contributed by atoms with Gasteiger partial charge in [-0.25, -0.2) is 0 Å². The molecule has 1 unspecified atom stereocenters. The first-order valence-corrected chi connectivity index (χ1v) is 2.69. The lowest BCUT2D eigenvalue weighted by atomic mass is 10.4. The summed E-state index contributed by atoms with van der Waals surface area (Å²) in [7, 11) is 0. The predicted molar refractivity (Wildman–Crippen MR) is 28.1 cm³/mol. The van der Waals surface area contributed by atoms with Gasteiger partial charge in [0.25, 0.3) is 0 Å². The van der Waals surface area contributed by atoms with Crippen molar-refractivity contribution in [1.29, 1.82) is 0 Å². The Morgan fingerprint density at radius 1 is 1.71 bits per heavy atom. The van der Waals surface area contributed by atoms with Crippen LogP contribution in [0, 0.1) is 0 Å².